The van der Waals surface area contributed by atoms with Gasteiger partial charge < -0.3 is 9.47 Å². The number of hydrogen-bond acceptors (Lipinski definition) is 5. The molecule has 2 heterocycles. The van der Waals surface area contributed by atoms with Crippen molar-refractivity contribution in [2.24, 2.45) is 0 Å². The zero-order valence-electron chi connectivity index (χ0n) is 9.96. The molecule has 0 bridgehead atoms. The van der Waals surface area contributed by atoms with Gasteiger partial charge in [0, 0.05) is 0 Å². The Balaban J connectivity index is 2.07. The smallest absolute Gasteiger partial charge is 0.231 e. The molecule has 1 aliphatic rings. The Morgan fingerprint density at radius 3 is 2.60 bits per heavy atom. The van der Waals surface area contributed by atoms with Crippen LogP contribution in [0.3, 0.4) is 0 Å². The van der Waals surface area contributed by atoms with Gasteiger partial charge in [0.1, 0.15) is 0 Å². The summed E-state index contributed by atoms with van der Waals surface area (Å²) in [4.78, 5) is 0. The molecule has 2 aromatic rings. The predicted octanol–water partition coefficient (Wildman–Crippen LogP) is 3.10. The number of benzene rings is 1. The number of fused-ring (bicyclic) bond motifs is 1. The summed E-state index contributed by atoms with van der Waals surface area (Å²) in [5, 5.41) is 11.1. The molecule has 1 atom stereocenters. The van der Waals surface area contributed by atoms with Crippen LogP contribution in [-0.2, 0) is 0 Å². The van der Waals surface area contributed by atoms with Gasteiger partial charge >= 0.3 is 0 Å². The molecule has 0 amide bonds. The van der Waals surface area contributed by atoms with Crippen LogP contribution in [0.1, 0.15) is 17.2 Å². The Hall–Kier alpha value is -1.30. The van der Waals surface area contributed by atoms with Crippen molar-refractivity contribution in [3.8, 4) is 11.5 Å². The lowest BCUT2D eigenvalue weighted by atomic mass is 9.96. The second kappa shape index (κ2) is 5.24. The molecular weight excluding hydrogens is 325 g/mol. The monoisotopic (exact) mass is 331 g/mol. The van der Waals surface area contributed by atoms with Crippen molar-refractivity contribution >= 4 is 34.8 Å². The Morgan fingerprint density at radius 1 is 1.10 bits per heavy atom. The summed E-state index contributed by atoms with van der Waals surface area (Å²) in [6.45, 7) is 0.187. The van der Waals surface area contributed by atoms with Gasteiger partial charge in [0.05, 0.1) is 17.8 Å². The highest BCUT2D eigenvalue weighted by Gasteiger charge is 2.37. The average molecular weight is 333 g/mol. The van der Waals surface area contributed by atoms with Crippen LogP contribution in [0.25, 0.3) is 0 Å². The van der Waals surface area contributed by atoms with Crippen molar-refractivity contribution in [2.45, 2.75) is 9.71 Å². The van der Waals surface area contributed by atoms with Crippen LogP contribution < -0.4 is 9.47 Å². The molecule has 0 fully saturated rings. The van der Waals surface area contributed by atoms with Gasteiger partial charge in [-0.05, 0) is 29.0 Å². The lowest BCUT2D eigenvalue weighted by Crippen LogP contribution is -2.20. The Bertz CT molecular complexity index is 619. The van der Waals surface area contributed by atoms with Crippen LogP contribution in [-0.4, -0.2) is 26.0 Å². The molecule has 1 aromatic carbocycles. The molecule has 104 valence electrons. The predicted molar refractivity (Wildman–Crippen MR) is 74.5 cm³/mol. The van der Waals surface area contributed by atoms with E-state index >= 15 is 0 Å². The standard InChI is InChI=1S/C12H8Cl3N3O2/c13-12(14,15)11(8-3-4-16-18-17-8)7-1-2-9-10(5-7)20-6-19-9/h1-5,11H,6H2. The van der Waals surface area contributed by atoms with Gasteiger partial charge in [-0.2, -0.15) is 0 Å². The summed E-state index contributed by atoms with van der Waals surface area (Å²) < 4.78 is 9.02. The van der Waals surface area contributed by atoms with E-state index in [2.05, 4.69) is 15.4 Å². The molecule has 5 nitrogen and oxygen atoms in total. The Labute approximate surface area is 129 Å². The van der Waals surface area contributed by atoms with Crippen molar-refractivity contribution < 1.29 is 9.47 Å². The minimum absolute atomic E-state index is 0.187. The summed E-state index contributed by atoms with van der Waals surface area (Å²) in [6, 6.07) is 7.01. The minimum Gasteiger partial charge on any atom is -0.454 e. The van der Waals surface area contributed by atoms with Gasteiger partial charge in [0.25, 0.3) is 0 Å². The molecule has 0 saturated heterocycles. The molecular formula is C12H8Cl3N3O2. The zero-order chi connectivity index (χ0) is 14.2. The van der Waals surface area contributed by atoms with Gasteiger partial charge in [-0.3, -0.25) is 0 Å². The number of hydrogen-bond donors (Lipinski definition) is 0. The van der Waals surface area contributed by atoms with Crippen molar-refractivity contribution in [3.63, 3.8) is 0 Å². The van der Waals surface area contributed by atoms with Gasteiger partial charge in [0.2, 0.25) is 10.6 Å². The first-order chi connectivity index (χ1) is 9.55. The molecule has 0 radical (unpaired) electrons. The van der Waals surface area contributed by atoms with E-state index in [9.17, 15) is 0 Å². The van der Waals surface area contributed by atoms with Crippen LogP contribution in [0.4, 0.5) is 0 Å². The number of ether oxygens (including phenoxy) is 2. The third-order valence-electron chi connectivity index (χ3n) is 2.88. The van der Waals surface area contributed by atoms with Gasteiger partial charge in [-0.15, -0.1) is 10.2 Å². The second-order valence-electron chi connectivity index (χ2n) is 4.13. The largest absolute Gasteiger partial charge is 0.454 e. The van der Waals surface area contributed by atoms with Crippen molar-refractivity contribution in [3.05, 3.63) is 41.7 Å². The Morgan fingerprint density at radius 2 is 1.90 bits per heavy atom. The first-order valence-corrected chi connectivity index (χ1v) is 6.79. The first-order valence-electron chi connectivity index (χ1n) is 5.66. The third kappa shape index (κ3) is 2.61. The maximum Gasteiger partial charge on any atom is 0.231 e. The molecule has 1 aromatic heterocycles. The number of alkyl halides is 3. The maximum absolute atomic E-state index is 6.09. The fourth-order valence-corrected chi connectivity index (χ4v) is 2.74. The second-order valence-corrected chi connectivity index (χ2v) is 6.50. The van der Waals surface area contributed by atoms with Crippen LogP contribution >= 0.6 is 34.8 Å². The maximum atomic E-state index is 6.09. The lowest BCUT2D eigenvalue weighted by Gasteiger charge is -2.23. The summed E-state index contributed by atoms with van der Waals surface area (Å²) in [6.07, 6.45) is 1.50. The van der Waals surface area contributed by atoms with E-state index in [1.165, 1.54) is 6.20 Å². The highest BCUT2D eigenvalue weighted by atomic mass is 35.6. The van der Waals surface area contributed by atoms with E-state index < -0.39 is 9.71 Å². The molecule has 20 heavy (non-hydrogen) atoms. The van der Waals surface area contributed by atoms with Crippen molar-refractivity contribution in [1.82, 2.24) is 15.4 Å². The van der Waals surface area contributed by atoms with E-state index in [1.54, 1.807) is 18.2 Å². The third-order valence-corrected chi connectivity index (χ3v) is 3.53. The SMILES string of the molecule is ClC(Cl)(Cl)C(c1ccc2c(c1)OCO2)c1ccnnn1. The van der Waals surface area contributed by atoms with E-state index in [-0.39, 0.29) is 6.79 Å². The molecule has 0 saturated carbocycles. The molecule has 0 N–H and O–H groups in total. The van der Waals surface area contributed by atoms with E-state index in [1.807, 2.05) is 6.07 Å². The highest BCUT2D eigenvalue weighted by Crippen LogP contribution is 2.46. The summed E-state index contributed by atoms with van der Waals surface area (Å²) in [7, 11) is 0. The number of halogens is 3. The molecule has 0 aliphatic carbocycles. The van der Waals surface area contributed by atoms with Gasteiger partial charge in [0.15, 0.2) is 11.5 Å². The fraction of sp³-hybridized carbons (Fsp3) is 0.250. The number of aromatic nitrogens is 3. The van der Waals surface area contributed by atoms with Gasteiger partial charge in [-0.25, -0.2) is 0 Å². The van der Waals surface area contributed by atoms with Gasteiger partial charge in [-0.1, -0.05) is 40.9 Å². The topological polar surface area (TPSA) is 57.1 Å². The molecule has 0 spiro atoms. The minimum atomic E-state index is -1.58. The van der Waals surface area contributed by atoms with Crippen molar-refractivity contribution in [2.75, 3.05) is 6.79 Å². The molecule has 1 aliphatic heterocycles. The molecule has 3 rings (SSSR count). The van der Waals surface area contributed by atoms with E-state index in [4.69, 9.17) is 44.3 Å². The highest BCUT2D eigenvalue weighted by molar-refractivity contribution is 6.68. The quantitative estimate of drug-likeness (QED) is 0.791. The summed E-state index contributed by atoms with van der Waals surface area (Å²) in [5.41, 5.74) is 1.26. The lowest BCUT2D eigenvalue weighted by molar-refractivity contribution is 0.174. The normalized spacial score (nSPS) is 15.2. The zero-order valence-corrected chi connectivity index (χ0v) is 12.2. The summed E-state index contributed by atoms with van der Waals surface area (Å²) in [5.74, 6) is 0.693. The Kier molecular flexibility index (Phi) is 3.58. The molecule has 1 unspecified atom stereocenters. The fourth-order valence-electron chi connectivity index (χ4n) is 2.02. The summed E-state index contributed by atoms with van der Waals surface area (Å²) >= 11 is 18.3. The van der Waals surface area contributed by atoms with Crippen LogP contribution in [0.15, 0.2) is 30.5 Å². The average Bonchev–Trinajstić information content (AvgIpc) is 2.86. The van der Waals surface area contributed by atoms with Crippen LogP contribution in [0.5, 0.6) is 11.5 Å². The number of rotatable bonds is 2. The molecule has 8 heteroatoms. The van der Waals surface area contributed by atoms with Crippen LogP contribution in [0, 0.1) is 0 Å². The van der Waals surface area contributed by atoms with E-state index in [0.717, 1.165) is 5.56 Å². The van der Waals surface area contributed by atoms with Crippen LogP contribution in [0.2, 0.25) is 0 Å². The van der Waals surface area contributed by atoms with E-state index in [0.29, 0.717) is 17.2 Å². The van der Waals surface area contributed by atoms with Crippen molar-refractivity contribution in [1.29, 1.82) is 0 Å². The number of nitrogens with zero attached hydrogens (tertiary/aromatic N) is 3. The first kappa shape index (κ1) is 13.7.